The number of para-hydroxylation sites is 1. The number of methoxy groups -OCH3 is 1. The Hall–Kier alpha value is -3.15. The Balaban J connectivity index is 1.86. The molecule has 0 atom stereocenters. The quantitative estimate of drug-likeness (QED) is 0.513. The molecule has 112 valence electrons. The lowest BCUT2D eigenvalue weighted by atomic mass is 10.2. The standard InChI is InChI=1S/C16H15N3O3/c1-22-14-9-7-12(8-10-14)11-17-19-16(21)15(20)18-13-5-3-2-4-6-13/h2-11H,1H3,(H,18,20)(H,19,21). The lowest BCUT2D eigenvalue weighted by Gasteiger charge is -2.03. The van der Waals surface area contributed by atoms with Crippen molar-refractivity contribution in [3.8, 4) is 5.75 Å². The molecule has 2 amide bonds. The van der Waals surface area contributed by atoms with Crippen LogP contribution in [-0.2, 0) is 9.59 Å². The number of hydrazone groups is 1. The second-order valence-corrected chi connectivity index (χ2v) is 4.29. The lowest BCUT2D eigenvalue weighted by Crippen LogP contribution is -2.32. The third-order valence-corrected chi connectivity index (χ3v) is 2.73. The number of anilines is 1. The van der Waals surface area contributed by atoms with Crippen molar-refractivity contribution in [2.75, 3.05) is 12.4 Å². The zero-order chi connectivity index (χ0) is 15.8. The maximum Gasteiger partial charge on any atom is 0.329 e. The number of benzene rings is 2. The Labute approximate surface area is 127 Å². The molecule has 0 fully saturated rings. The largest absolute Gasteiger partial charge is 0.497 e. The van der Waals surface area contributed by atoms with Crippen LogP contribution in [0.2, 0.25) is 0 Å². The highest BCUT2D eigenvalue weighted by Gasteiger charge is 2.12. The van der Waals surface area contributed by atoms with Crippen molar-refractivity contribution in [3.05, 3.63) is 60.2 Å². The second kappa shape index (κ2) is 7.58. The van der Waals surface area contributed by atoms with Crippen molar-refractivity contribution < 1.29 is 14.3 Å². The highest BCUT2D eigenvalue weighted by atomic mass is 16.5. The molecule has 0 heterocycles. The molecule has 0 aliphatic heterocycles. The van der Waals surface area contributed by atoms with E-state index in [9.17, 15) is 9.59 Å². The number of amides is 2. The predicted molar refractivity (Wildman–Crippen MR) is 83.8 cm³/mol. The molecule has 0 saturated heterocycles. The maximum absolute atomic E-state index is 11.6. The molecule has 0 spiro atoms. The SMILES string of the molecule is COc1ccc(C=NNC(=O)C(=O)Nc2ccccc2)cc1. The van der Waals surface area contributed by atoms with Gasteiger partial charge in [0.05, 0.1) is 13.3 Å². The highest BCUT2D eigenvalue weighted by Crippen LogP contribution is 2.09. The van der Waals surface area contributed by atoms with Gasteiger partial charge in [-0.1, -0.05) is 18.2 Å². The molecule has 0 aliphatic rings. The highest BCUT2D eigenvalue weighted by molar-refractivity contribution is 6.39. The number of nitrogens with one attached hydrogen (secondary N) is 2. The molecule has 0 bridgehead atoms. The second-order valence-electron chi connectivity index (χ2n) is 4.29. The van der Waals surface area contributed by atoms with E-state index in [-0.39, 0.29) is 0 Å². The lowest BCUT2D eigenvalue weighted by molar-refractivity contribution is -0.136. The molecule has 6 heteroatoms. The minimum atomic E-state index is -0.839. The molecule has 6 nitrogen and oxygen atoms in total. The van der Waals surface area contributed by atoms with Crippen LogP contribution in [0.25, 0.3) is 0 Å². The first kappa shape index (κ1) is 15.2. The summed E-state index contributed by atoms with van der Waals surface area (Å²) in [5.41, 5.74) is 3.48. The minimum Gasteiger partial charge on any atom is -0.497 e. The zero-order valence-electron chi connectivity index (χ0n) is 11.9. The molecule has 0 aromatic heterocycles. The van der Waals surface area contributed by atoms with Crippen molar-refractivity contribution in [3.63, 3.8) is 0 Å². The molecule has 2 aromatic rings. The fourth-order valence-corrected chi connectivity index (χ4v) is 1.62. The van der Waals surface area contributed by atoms with Crippen LogP contribution < -0.4 is 15.5 Å². The van der Waals surface area contributed by atoms with Gasteiger partial charge in [-0.2, -0.15) is 5.10 Å². The van der Waals surface area contributed by atoms with Crippen molar-refractivity contribution in [2.45, 2.75) is 0 Å². The maximum atomic E-state index is 11.6. The number of rotatable bonds is 4. The molecule has 22 heavy (non-hydrogen) atoms. The Bertz CT molecular complexity index is 667. The fraction of sp³-hybridized carbons (Fsp3) is 0.0625. The van der Waals surface area contributed by atoms with Crippen LogP contribution in [0.1, 0.15) is 5.56 Å². The molecule has 0 unspecified atom stereocenters. The predicted octanol–water partition coefficient (Wildman–Crippen LogP) is 1.78. The van der Waals surface area contributed by atoms with E-state index in [0.29, 0.717) is 5.69 Å². The van der Waals surface area contributed by atoms with Gasteiger partial charge in [0.2, 0.25) is 0 Å². The number of carbonyl (C=O) groups is 2. The summed E-state index contributed by atoms with van der Waals surface area (Å²) < 4.78 is 5.03. The molecule has 2 rings (SSSR count). The van der Waals surface area contributed by atoms with Gasteiger partial charge in [-0.25, -0.2) is 5.43 Å². The molecule has 0 aliphatic carbocycles. The monoisotopic (exact) mass is 297 g/mol. The van der Waals surface area contributed by atoms with Crippen LogP contribution in [0.3, 0.4) is 0 Å². The van der Waals surface area contributed by atoms with Gasteiger partial charge < -0.3 is 10.1 Å². The van der Waals surface area contributed by atoms with Crippen molar-refractivity contribution in [2.24, 2.45) is 5.10 Å². The molecule has 2 aromatic carbocycles. The third kappa shape index (κ3) is 4.45. The van der Waals surface area contributed by atoms with Crippen LogP contribution in [0.15, 0.2) is 59.7 Å². The van der Waals surface area contributed by atoms with E-state index >= 15 is 0 Å². The number of nitrogens with zero attached hydrogens (tertiary/aromatic N) is 1. The average Bonchev–Trinajstić information content (AvgIpc) is 2.56. The normalized spacial score (nSPS) is 10.2. The van der Waals surface area contributed by atoms with Crippen molar-refractivity contribution in [1.29, 1.82) is 0 Å². The number of ether oxygens (including phenoxy) is 1. The minimum absolute atomic E-state index is 0.543. The van der Waals surface area contributed by atoms with Gasteiger partial charge in [0.1, 0.15) is 5.75 Å². The first-order valence-electron chi connectivity index (χ1n) is 6.52. The average molecular weight is 297 g/mol. The smallest absolute Gasteiger partial charge is 0.329 e. The first-order valence-corrected chi connectivity index (χ1v) is 6.52. The Kier molecular flexibility index (Phi) is 5.25. The summed E-state index contributed by atoms with van der Waals surface area (Å²) in [5, 5.41) is 6.20. The summed E-state index contributed by atoms with van der Waals surface area (Å²) in [4.78, 5) is 23.2. The van der Waals surface area contributed by atoms with E-state index in [4.69, 9.17) is 4.74 Å². The number of hydrogen-bond acceptors (Lipinski definition) is 4. The fourth-order valence-electron chi connectivity index (χ4n) is 1.62. The zero-order valence-corrected chi connectivity index (χ0v) is 11.9. The van der Waals surface area contributed by atoms with E-state index in [1.54, 1.807) is 55.6 Å². The Morgan fingerprint density at radius 2 is 1.68 bits per heavy atom. The van der Waals surface area contributed by atoms with E-state index in [2.05, 4.69) is 15.8 Å². The number of carbonyl (C=O) groups excluding carboxylic acids is 2. The third-order valence-electron chi connectivity index (χ3n) is 2.73. The van der Waals surface area contributed by atoms with Crippen LogP contribution in [0, 0.1) is 0 Å². The van der Waals surface area contributed by atoms with E-state index < -0.39 is 11.8 Å². The van der Waals surface area contributed by atoms with Crippen molar-refractivity contribution in [1.82, 2.24) is 5.43 Å². The summed E-state index contributed by atoms with van der Waals surface area (Å²) in [7, 11) is 1.58. The molecule has 0 saturated carbocycles. The van der Waals surface area contributed by atoms with Crippen LogP contribution >= 0.6 is 0 Å². The van der Waals surface area contributed by atoms with Gasteiger partial charge in [-0.05, 0) is 42.0 Å². The van der Waals surface area contributed by atoms with Gasteiger partial charge in [0.15, 0.2) is 0 Å². The Morgan fingerprint density at radius 1 is 1.00 bits per heavy atom. The van der Waals surface area contributed by atoms with E-state index in [1.807, 2.05) is 6.07 Å². The summed E-state index contributed by atoms with van der Waals surface area (Å²) >= 11 is 0. The number of hydrogen-bond donors (Lipinski definition) is 2. The van der Waals surface area contributed by atoms with Crippen molar-refractivity contribution >= 4 is 23.7 Å². The topological polar surface area (TPSA) is 79.8 Å². The summed E-state index contributed by atoms with van der Waals surface area (Å²) in [6.07, 6.45) is 1.44. The van der Waals surface area contributed by atoms with Gasteiger partial charge in [0, 0.05) is 5.69 Å². The van der Waals surface area contributed by atoms with Gasteiger partial charge in [0.25, 0.3) is 0 Å². The summed E-state index contributed by atoms with van der Waals surface area (Å²) in [6.45, 7) is 0. The molecule has 0 radical (unpaired) electrons. The van der Waals surface area contributed by atoms with E-state index in [1.165, 1.54) is 6.21 Å². The van der Waals surface area contributed by atoms with Gasteiger partial charge in [-0.15, -0.1) is 0 Å². The van der Waals surface area contributed by atoms with Crippen LogP contribution in [-0.4, -0.2) is 25.1 Å². The molecular formula is C16H15N3O3. The van der Waals surface area contributed by atoms with Gasteiger partial charge in [-0.3, -0.25) is 9.59 Å². The molecule has 2 N–H and O–H groups in total. The first-order chi connectivity index (χ1) is 10.7. The summed E-state index contributed by atoms with van der Waals surface area (Å²) in [6, 6.07) is 15.8. The Morgan fingerprint density at radius 3 is 2.32 bits per heavy atom. The summed E-state index contributed by atoms with van der Waals surface area (Å²) in [5.74, 6) is -0.893. The molecular weight excluding hydrogens is 282 g/mol. The van der Waals surface area contributed by atoms with Crippen LogP contribution in [0.5, 0.6) is 5.75 Å². The van der Waals surface area contributed by atoms with Crippen LogP contribution in [0.4, 0.5) is 5.69 Å². The van der Waals surface area contributed by atoms with E-state index in [0.717, 1.165) is 11.3 Å². The van der Waals surface area contributed by atoms with Gasteiger partial charge >= 0.3 is 11.8 Å².